The lowest BCUT2D eigenvalue weighted by molar-refractivity contribution is 0.186. The van der Waals surface area contributed by atoms with Crippen molar-refractivity contribution >= 4 is 0 Å². The maximum absolute atomic E-state index is 8.72. The SMILES string of the molecule is CC(O)CC(=CO)CO. The maximum Gasteiger partial charge on any atom is 0.0807 e. The number of aliphatic hydroxyl groups is 3. The molecule has 0 heterocycles. The van der Waals surface area contributed by atoms with Gasteiger partial charge in [-0.05, 0) is 18.9 Å². The van der Waals surface area contributed by atoms with Gasteiger partial charge in [-0.1, -0.05) is 0 Å². The highest BCUT2D eigenvalue weighted by atomic mass is 16.3. The summed E-state index contributed by atoms with van der Waals surface area (Å²) in [7, 11) is 0. The molecule has 1 atom stereocenters. The van der Waals surface area contributed by atoms with E-state index in [2.05, 4.69) is 0 Å². The van der Waals surface area contributed by atoms with Crippen molar-refractivity contribution in [2.24, 2.45) is 0 Å². The normalized spacial score (nSPS) is 15.7. The van der Waals surface area contributed by atoms with E-state index in [1.54, 1.807) is 6.92 Å². The molecule has 0 aromatic carbocycles. The van der Waals surface area contributed by atoms with Crippen molar-refractivity contribution < 1.29 is 15.3 Å². The molecular weight excluding hydrogens is 120 g/mol. The van der Waals surface area contributed by atoms with E-state index in [1.165, 1.54) is 0 Å². The van der Waals surface area contributed by atoms with Crippen LogP contribution >= 0.6 is 0 Å². The molecule has 0 bridgehead atoms. The van der Waals surface area contributed by atoms with Crippen molar-refractivity contribution in [3.63, 3.8) is 0 Å². The first kappa shape index (κ1) is 8.46. The smallest absolute Gasteiger partial charge is 0.0807 e. The minimum Gasteiger partial charge on any atom is -0.516 e. The maximum atomic E-state index is 8.72. The van der Waals surface area contributed by atoms with E-state index in [4.69, 9.17) is 15.3 Å². The van der Waals surface area contributed by atoms with Gasteiger partial charge < -0.3 is 15.3 Å². The molecule has 0 aromatic heterocycles. The van der Waals surface area contributed by atoms with Crippen LogP contribution in [0.15, 0.2) is 11.8 Å². The van der Waals surface area contributed by atoms with Gasteiger partial charge in [0.15, 0.2) is 0 Å². The molecule has 0 saturated carbocycles. The molecule has 0 aliphatic rings. The van der Waals surface area contributed by atoms with E-state index in [1.807, 2.05) is 0 Å². The predicted octanol–water partition coefficient (Wildman–Crippen LogP) is 0.191. The third kappa shape index (κ3) is 4.00. The first-order valence-corrected chi connectivity index (χ1v) is 2.81. The zero-order valence-corrected chi connectivity index (χ0v) is 5.41. The zero-order valence-electron chi connectivity index (χ0n) is 5.41. The Kier molecular flexibility index (Phi) is 4.09. The molecule has 0 fully saturated rings. The minimum atomic E-state index is -0.504. The average Bonchev–Trinajstić information content (AvgIpc) is 1.82. The molecular formula is C6H12O3. The highest BCUT2D eigenvalue weighted by Crippen LogP contribution is 2.01. The highest BCUT2D eigenvalue weighted by Gasteiger charge is 1.99. The molecule has 0 radical (unpaired) electrons. The molecule has 54 valence electrons. The van der Waals surface area contributed by atoms with Crippen LogP contribution in [0.4, 0.5) is 0 Å². The molecule has 0 rings (SSSR count). The molecule has 0 aliphatic heterocycles. The van der Waals surface area contributed by atoms with Gasteiger partial charge in [-0.3, -0.25) is 0 Å². The average molecular weight is 132 g/mol. The van der Waals surface area contributed by atoms with Crippen molar-refractivity contribution in [1.29, 1.82) is 0 Å². The Morgan fingerprint density at radius 2 is 2.22 bits per heavy atom. The summed E-state index contributed by atoms with van der Waals surface area (Å²) in [5, 5.41) is 25.5. The molecule has 3 nitrogen and oxygen atoms in total. The summed E-state index contributed by atoms with van der Waals surface area (Å²) in [6.45, 7) is 1.40. The Morgan fingerprint density at radius 3 is 2.33 bits per heavy atom. The van der Waals surface area contributed by atoms with Crippen LogP contribution in [0.2, 0.25) is 0 Å². The summed E-state index contributed by atoms with van der Waals surface area (Å²) in [5.74, 6) is 0. The molecule has 0 aliphatic carbocycles. The second-order valence-corrected chi connectivity index (χ2v) is 2.00. The Balaban J connectivity index is 3.58. The van der Waals surface area contributed by atoms with Crippen LogP contribution in [0.1, 0.15) is 13.3 Å². The van der Waals surface area contributed by atoms with E-state index in [0.29, 0.717) is 12.0 Å². The molecule has 3 N–H and O–H groups in total. The van der Waals surface area contributed by atoms with Crippen molar-refractivity contribution in [3.05, 3.63) is 11.8 Å². The fourth-order valence-electron chi connectivity index (χ4n) is 0.538. The fourth-order valence-corrected chi connectivity index (χ4v) is 0.538. The molecule has 1 unspecified atom stereocenters. The fraction of sp³-hybridized carbons (Fsp3) is 0.667. The van der Waals surface area contributed by atoms with E-state index < -0.39 is 6.10 Å². The topological polar surface area (TPSA) is 60.7 Å². The summed E-state index contributed by atoms with van der Waals surface area (Å²) >= 11 is 0. The van der Waals surface area contributed by atoms with Crippen LogP contribution in [-0.4, -0.2) is 28.0 Å². The zero-order chi connectivity index (χ0) is 7.28. The van der Waals surface area contributed by atoms with Crippen LogP contribution in [0.3, 0.4) is 0 Å². The lowest BCUT2D eigenvalue weighted by Crippen LogP contribution is -2.03. The highest BCUT2D eigenvalue weighted by molar-refractivity contribution is 4.97. The van der Waals surface area contributed by atoms with E-state index in [0.717, 1.165) is 6.26 Å². The summed E-state index contributed by atoms with van der Waals surface area (Å²) in [4.78, 5) is 0. The van der Waals surface area contributed by atoms with E-state index in [-0.39, 0.29) is 6.61 Å². The van der Waals surface area contributed by atoms with Gasteiger partial charge in [0, 0.05) is 0 Å². The first-order valence-electron chi connectivity index (χ1n) is 2.81. The van der Waals surface area contributed by atoms with Crippen LogP contribution in [0.25, 0.3) is 0 Å². The van der Waals surface area contributed by atoms with Gasteiger partial charge in [-0.25, -0.2) is 0 Å². The van der Waals surface area contributed by atoms with Gasteiger partial charge in [0.25, 0.3) is 0 Å². The van der Waals surface area contributed by atoms with Gasteiger partial charge in [0.1, 0.15) is 0 Å². The molecule has 3 heteroatoms. The number of hydrogen-bond donors (Lipinski definition) is 3. The molecule has 0 amide bonds. The van der Waals surface area contributed by atoms with Crippen molar-refractivity contribution in [2.75, 3.05) is 6.61 Å². The van der Waals surface area contributed by atoms with Gasteiger partial charge in [0.2, 0.25) is 0 Å². The predicted molar refractivity (Wildman–Crippen MR) is 34.1 cm³/mol. The Bertz CT molecular complexity index is 96.5. The van der Waals surface area contributed by atoms with E-state index in [9.17, 15) is 0 Å². The largest absolute Gasteiger partial charge is 0.516 e. The van der Waals surface area contributed by atoms with Gasteiger partial charge in [0.05, 0.1) is 19.0 Å². The second-order valence-electron chi connectivity index (χ2n) is 2.00. The standard InChI is InChI=1S/C6H12O3/c1-5(9)2-6(3-7)4-8/h3,5,7-9H,2,4H2,1H3. The number of hydrogen-bond acceptors (Lipinski definition) is 3. The molecule has 9 heavy (non-hydrogen) atoms. The minimum absolute atomic E-state index is 0.193. The Hall–Kier alpha value is -0.540. The van der Waals surface area contributed by atoms with Crippen molar-refractivity contribution in [1.82, 2.24) is 0 Å². The Morgan fingerprint density at radius 1 is 1.67 bits per heavy atom. The summed E-state index contributed by atoms with van der Waals surface area (Å²) in [6, 6.07) is 0. The van der Waals surface area contributed by atoms with Crippen LogP contribution < -0.4 is 0 Å². The first-order chi connectivity index (χ1) is 4.20. The van der Waals surface area contributed by atoms with Crippen LogP contribution in [0, 0.1) is 0 Å². The summed E-state index contributed by atoms with van der Waals surface area (Å²) in [5.41, 5.74) is 0.449. The molecule has 0 saturated heterocycles. The van der Waals surface area contributed by atoms with Gasteiger partial charge >= 0.3 is 0 Å². The third-order valence-corrected chi connectivity index (χ3v) is 0.943. The lowest BCUT2D eigenvalue weighted by atomic mass is 10.1. The van der Waals surface area contributed by atoms with Crippen molar-refractivity contribution in [3.8, 4) is 0 Å². The number of aliphatic hydroxyl groups excluding tert-OH is 3. The third-order valence-electron chi connectivity index (χ3n) is 0.943. The van der Waals surface area contributed by atoms with E-state index >= 15 is 0 Å². The number of rotatable bonds is 3. The van der Waals surface area contributed by atoms with Crippen molar-refractivity contribution in [2.45, 2.75) is 19.4 Å². The lowest BCUT2D eigenvalue weighted by Gasteiger charge is -2.03. The molecule has 0 aromatic rings. The van der Waals surface area contributed by atoms with Gasteiger partial charge in [-0.15, -0.1) is 0 Å². The Labute approximate surface area is 54.3 Å². The van der Waals surface area contributed by atoms with Crippen LogP contribution in [-0.2, 0) is 0 Å². The summed E-state index contributed by atoms with van der Waals surface area (Å²) in [6.07, 6.45) is 0.648. The summed E-state index contributed by atoms with van der Waals surface area (Å²) < 4.78 is 0. The molecule has 0 spiro atoms. The van der Waals surface area contributed by atoms with Gasteiger partial charge in [-0.2, -0.15) is 0 Å². The monoisotopic (exact) mass is 132 g/mol. The quantitative estimate of drug-likeness (QED) is 0.480. The second kappa shape index (κ2) is 4.35. The van der Waals surface area contributed by atoms with Crippen LogP contribution in [0.5, 0.6) is 0 Å².